The number of halogens is 3. The fourth-order valence-corrected chi connectivity index (χ4v) is 6.60. The van der Waals surface area contributed by atoms with Gasteiger partial charge in [0.25, 0.3) is 0 Å². The second kappa shape index (κ2) is 11.6. The topological polar surface area (TPSA) is 128 Å². The Morgan fingerprint density at radius 3 is 2.65 bits per heavy atom. The van der Waals surface area contributed by atoms with Gasteiger partial charge in [-0.15, -0.1) is 11.3 Å². The third-order valence-corrected chi connectivity index (χ3v) is 9.02. The predicted molar refractivity (Wildman–Crippen MR) is 156 cm³/mol. The van der Waals surface area contributed by atoms with Crippen LogP contribution in [0.15, 0.2) is 35.4 Å². The third-order valence-electron chi connectivity index (χ3n) is 7.96. The van der Waals surface area contributed by atoms with E-state index in [0.29, 0.717) is 41.9 Å². The van der Waals surface area contributed by atoms with E-state index in [1.165, 1.54) is 17.9 Å². The molecular weight excluding hydrogens is 585 g/mol. The normalized spacial score (nSPS) is 20.9. The van der Waals surface area contributed by atoms with Crippen LogP contribution in [0.1, 0.15) is 58.6 Å². The summed E-state index contributed by atoms with van der Waals surface area (Å²) in [4.78, 5) is 37.5. The summed E-state index contributed by atoms with van der Waals surface area (Å²) in [6.07, 6.45) is 0.101. The number of rotatable bonds is 6. The highest BCUT2D eigenvalue weighted by molar-refractivity contribution is 7.15. The van der Waals surface area contributed by atoms with E-state index in [4.69, 9.17) is 8.85 Å². The van der Waals surface area contributed by atoms with Gasteiger partial charge in [-0.2, -0.15) is 13.2 Å². The zero-order valence-corrected chi connectivity index (χ0v) is 23.9. The quantitative estimate of drug-likeness (QED) is 0.277. The first-order valence-corrected chi connectivity index (χ1v) is 14.6. The van der Waals surface area contributed by atoms with Crippen LogP contribution in [-0.4, -0.2) is 56.4 Å². The molecule has 0 bridgehead atoms. The Balaban J connectivity index is 1.39. The second-order valence-electron chi connectivity index (χ2n) is 10.7. The smallest absolute Gasteiger partial charge is 0.427 e. The van der Waals surface area contributed by atoms with Crippen molar-refractivity contribution in [2.24, 2.45) is 6.98 Å². The molecule has 0 aromatic carbocycles. The van der Waals surface area contributed by atoms with Crippen LogP contribution in [-0.2, 0) is 17.9 Å². The second-order valence-corrected chi connectivity index (χ2v) is 11.7. The van der Waals surface area contributed by atoms with Crippen molar-refractivity contribution < 1.29 is 26.8 Å². The van der Waals surface area contributed by atoms with Gasteiger partial charge in [-0.25, -0.2) is 24.5 Å². The number of nitrogens with zero attached hydrogens (tertiary/aromatic N) is 5. The van der Waals surface area contributed by atoms with Crippen molar-refractivity contribution in [3.05, 3.63) is 51.5 Å². The van der Waals surface area contributed by atoms with E-state index in [1.54, 1.807) is 12.1 Å². The molecule has 4 aromatic rings. The van der Waals surface area contributed by atoms with E-state index in [0.717, 1.165) is 42.3 Å². The minimum atomic E-state index is -4.53. The Bertz CT molecular complexity index is 1820. The molecule has 1 amide bonds. The number of ether oxygens (including phenoxy) is 1. The molecule has 15 heteroatoms. The van der Waals surface area contributed by atoms with Gasteiger partial charge in [0.1, 0.15) is 27.2 Å². The number of aryl methyl sites for hydroxylation is 1. The zero-order valence-electron chi connectivity index (χ0n) is 26.1. The van der Waals surface area contributed by atoms with Crippen LogP contribution in [0, 0.1) is 0 Å². The fourth-order valence-electron chi connectivity index (χ4n) is 5.86. The van der Waals surface area contributed by atoms with Crippen LogP contribution >= 0.6 is 11.3 Å². The van der Waals surface area contributed by atoms with Gasteiger partial charge in [0.05, 0.1) is 30.5 Å². The van der Waals surface area contributed by atoms with Gasteiger partial charge in [0, 0.05) is 29.2 Å². The number of amides is 1. The first-order valence-electron chi connectivity index (χ1n) is 15.3. The lowest BCUT2D eigenvalue weighted by molar-refractivity contribution is -0.134. The van der Waals surface area contributed by atoms with Crippen LogP contribution in [0.2, 0.25) is 0 Å². The summed E-state index contributed by atoms with van der Waals surface area (Å²) in [5.41, 5.74) is 0.877. The molecule has 1 saturated heterocycles. The summed E-state index contributed by atoms with van der Waals surface area (Å²) in [6.45, 7) is -1.18. The summed E-state index contributed by atoms with van der Waals surface area (Å²) in [5, 5.41) is 9.30. The van der Waals surface area contributed by atoms with Gasteiger partial charge in [0.15, 0.2) is 0 Å². The number of carbonyl (C=O) groups excluding carboxylic acids is 1. The summed E-state index contributed by atoms with van der Waals surface area (Å²) in [5.74, 6) is 0.713. The highest BCUT2D eigenvalue weighted by Gasteiger charge is 2.34. The number of piperidine rings is 1. The van der Waals surface area contributed by atoms with Crippen LogP contribution in [0.25, 0.3) is 21.7 Å². The lowest BCUT2D eigenvalue weighted by Gasteiger charge is -2.23. The highest BCUT2D eigenvalue weighted by Crippen LogP contribution is 2.38. The number of alkyl halides is 3. The first-order chi connectivity index (χ1) is 21.8. The standard InChI is InChI=1S/C28H31F3N8O3S/c1-38-21-13-33-23(12-20(21)39(27(38)41)18-4-3-17(11-18)35-26(40)42-2)37-24-10-16(15-5-7-32-8-6-15)9-19(36-24)25-34-14-22(43-25)28(29,30)31/h9-10,12-15,17-18,32H,3-8,11H2,1-2H3,(H,35,40)(H,33,36,37)/t17-,18-/m1/s1/i1D3. The van der Waals surface area contributed by atoms with Crippen molar-refractivity contribution in [2.45, 2.75) is 56.3 Å². The zero-order chi connectivity index (χ0) is 32.8. The molecule has 43 heavy (non-hydrogen) atoms. The average molecular weight is 620 g/mol. The minimum absolute atomic E-state index is 0.111. The van der Waals surface area contributed by atoms with Crippen molar-refractivity contribution in [1.82, 2.24) is 34.7 Å². The number of anilines is 2. The lowest BCUT2D eigenvalue weighted by atomic mass is 9.90. The maximum atomic E-state index is 13.6. The number of carbonyl (C=O) groups is 1. The van der Waals surface area contributed by atoms with E-state index in [-0.39, 0.29) is 34.0 Å². The molecule has 11 nitrogen and oxygen atoms in total. The van der Waals surface area contributed by atoms with Gasteiger partial charge in [-0.1, -0.05) is 0 Å². The Morgan fingerprint density at radius 2 is 1.93 bits per heavy atom. The van der Waals surface area contributed by atoms with E-state index in [9.17, 15) is 22.8 Å². The maximum absolute atomic E-state index is 13.6. The summed E-state index contributed by atoms with van der Waals surface area (Å²) in [7, 11) is 1.26. The monoisotopic (exact) mass is 619 g/mol. The van der Waals surface area contributed by atoms with Crippen molar-refractivity contribution in [1.29, 1.82) is 0 Å². The number of alkyl carbamates (subject to hydrolysis) is 1. The molecule has 0 spiro atoms. The van der Waals surface area contributed by atoms with Crippen molar-refractivity contribution in [3.8, 4) is 10.7 Å². The van der Waals surface area contributed by atoms with Crippen molar-refractivity contribution in [2.75, 3.05) is 25.5 Å². The molecule has 5 heterocycles. The van der Waals surface area contributed by atoms with Gasteiger partial charge in [-0.3, -0.25) is 9.13 Å². The molecule has 2 aliphatic rings. The molecule has 1 aliphatic heterocycles. The Morgan fingerprint density at radius 1 is 1.12 bits per heavy atom. The Labute approximate surface area is 252 Å². The van der Waals surface area contributed by atoms with Crippen LogP contribution in [0.5, 0.6) is 0 Å². The molecule has 4 aromatic heterocycles. The molecule has 3 N–H and O–H groups in total. The number of thiazole rings is 1. The number of nitrogens with one attached hydrogen (secondary N) is 3. The minimum Gasteiger partial charge on any atom is -0.453 e. The van der Waals surface area contributed by atoms with Gasteiger partial charge >= 0.3 is 18.0 Å². The van der Waals surface area contributed by atoms with Gasteiger partial charge < -0.3 is 20.7 Å². The summed E-state index contributed by atoms with van der Waals surface area (Å²) in [6, 6.07) is 4.48. The van der Waals surface area contributed by atoms with E-state index in [2.05, 4.69) is 30.9 Å². The number of hydrogen-bond acceptors (Lipinski definition) is 9. The van der Waals surface area contributed by atoms with Crippen LogP contribution < -0.4 is 21.6 Å². The molecule has 2 fully saturated rings. The average Bonchev–Trinajstić information content (AvgIpc) is 3.74. The summed E-state index contributed by atoms with van der Waals surface area (Å²) < 4.78 is 71.0. The molecular formula is C28H31F3N8O3S. The molecule has 6 rings (SSSR count). The lowest BCUT2D eigenvalue weighted by Crippen LogP contribution is -2.33. The number of aromatic nitrogens is 5. The fraction of sp³-hybridized carbons (Fsp3) is 0.464. The number of methoxy groups -OCH3 is 1. The van der Waals surface area contributed by atoms with Crippen molar-refractivity contribution in [3.63, 3.8) is 0 Å². The van der Waals surface area contributed by atoms with Crippen molar-refractivity contribution >= 4 is 40.1 Å². The van der Waals surface area contributed by atoms with Crippen LogP contribution in [0.3, 0.4) is 0 Å². The number of hydrogen-bond donors (Lipinski definition) is 3. The SMILES string of the molecule is [2H]C([2H])([2H])n1c(=O)n([C@@H]2CC[C@@H](NC(=O)OC)C2)c2cc(Nc3cc(C4CCNCC4)cc(-c4ncc(C(F)(F)F)s4)n3)ncc21. The number of fused-ring (bicyclic) bond motifs is 1. The molecule has 2 atom stereocenters. The van der Waals surface area contributed by atoms with E-state index >= 15 is 0 Å². The molecule has 1 aliphatic carbocycles. The van der Waals surface area contributed by atoms with E-state index < -0.39 is 35.9 Å². The molecule has 0 unspecified atom stereocenters. The Kier molecular flexibility index (Phi) is 6.88. The third kappa shape index (κ3) is 5.95. The largest absolute Gasteiger partial charge is 0.453 e. The first kappa shape index (κ1) is 25.5. The summed E-state index contributed by atoms with van der Waals surface area (Å²) >= 11 is 0.510. The molecule has 0 radical (unpaired) electrons. The van der Waals surface area contributed by atoms with Crippen LogP contribution in [0.4, 0.5) is 29.6 Å². The molecule has 228 valence electrons. The van der Waals surface area contributed by atoms with Gasteiger partial charge in [-0.05, 0) is 68.8 Å². The van der Waals surface area contributed by atoms with E-state index in [1.807, 2.05) is 6.07 Å². The highest BCUT2D eigenvalue weighted by atomic mass is 32.1. The Hall–Kier alpha value is -3.98. The molecule has 1 saturated carbocycles. The number of imidazole rings is 1. The van der Waals surface area contributed by atoms with Gasteiger partial charge in [0.2, 0.25) is 0 Å². The predicted octanol–water partition coefficient (Wildman–Crippen LogP) is 4.93. The maximum Gasteiger partial charge on any atom is 0.427 e. The number of pyridine rings is 2.